The van der Waals surface area contributed by atoms with Gasteiger partial charge in [-0.3, -0.25) is 9.59 Å². The van der Waals surface area contributed by atoms with Crippen molar-refractivity contribution in [3.8, 4) is 0 Å². The van der Waals surface area contributed by atoms with E-state index in [0.29, 0.717) is 37.8 Å². The summed E-state index contributed by atoms with van der Waals surface area (Å²) in [5.74, 6) is -1.28. The van der Waals surface area contributed by atoms with E-state index in [2.05, 4.69) is 10.6 Å². The van der Waals surface area contributed by atoms with Crippen molar-refractivity contribution in [3.63, 3.8) is 0 Å². The molecule has 0 aliphatic heterocycles. The number of benzene rings is 3. The topological polar surface area (TPSA) is 111 Å². The molecule has 2 amide bonds. The quantitative estimate of drug-likeness (QED) is 0.348. The Hall–Kier alpha value is -3.71. The van der Waals surface area contributed by atoms with Gasteiger partial charge in [-0.1, -0.05) is 60.7 Å². The first-order valence-corrected chi connectivity index (χ1v) is 12.0. The number of nitrogens with two attached hydrogens (primary N) is 1. The number of hydrogen-bond donors (Lipinski definition) is 3. The van der Waals surface area contributed by atoms with E-state index in [0.717, 1.165) is 16.3 Å². The summed E-state index contributed by atoms with van der Waals surface area (Å²) in [6.07, 6.45) is 1.89. The molecule has 0 aromatic heterocycles. The molecule has 0 heterocycles. The summed E-state index contributed by atoms with van der Waals surface area (Å²) >= 11 is 0. The summed E-state index contributed by atoms with van der Waals surface area (Å²) in [6.45, 7) is 2.32. The summed E-state index contributed by atoms with van der Waals surface area (Å²) in [5.41, 5.74) is 7.18. The zero-order valence-corrected chi connectivity index (χ0v) is 20.0. The minimum atomic E-state index is -0.828. The van der Waals surface area contributed by atoms with Crippen molar-refractivity contribution >= 4 is 28.6 Å². The van der Waals surface area contributed by atoms with Crippen LogP contribution in [0.15, 0.2) is 72.8 Å². The third kappa shape index (κ3) is 7.65. The maximum Gasteiger partial charge on any atom is 0.328 e. The Kier molecular flexibility index (Phi) is 9.80. The van der Waals surface area contributed by atoms with Crippen LogP contribution in [0.3, 0.4) is 0 Å². The number of ether oxygens (including phenoxy) is 1. The van der Waals surface area contributed by atoms with Crippen LogP contribution in [0.2, 0.25) is 0 Å². The van der Waals surface area contributed by atoms with Crippen LogP contribution in [0.1, 0.15) is 42.1 Å². The van der Waals surface area contributed by atoms with Crippen LogP contribution in [0.25, 0.3) is 10.8 Å². The number of rotatable bonds is 12. The van der Waals surface area contributed by atoms with Crippen LogP contribution >= 0.6 is 0 Å². The lowest BCUT2D eigenvalue weighted by Crippen LogP contribution is -2.52. The molecule has 3 aromatic rings. The van der Waals surface area contributed by atoms with Gasteiger partial charge in [0, 0.05) is 5.56 Å². The van der Waals surface area contributed by atoms with E-state index in [-0.39, 0.29) is 12.5 Å². The van der Waals surface area contributed by atoms with Gasteiger partial charge in [0.1, 0.15) is 12.1 Å². The van der Waals surface area contributed by atoms with Gasteiger partial charge in [-0.25, -0.2) is 4.79 Å². The van der Waals surface area contributed by atoms with Gasteiger partial charge < -0.3 is 21.1 Å². The molecule has 0 spiro atoms. The molecule has 0 aliphatic rings. The summed E-state index contributed by atoms with van der Waals surface area (Å²) < 4.78 is 5.18. The monoisotopic (exact) mass is 475 g/mol. The largest absolute Gasteiger partial charge is 0.464 e. The van der Waals surface area contributed by atoms with Crippen molar-refractivity contribution in [2.75, 3.05) is 13.2 Å². The third-order valence-corrected chi connectivity index (χ3v) is 5.78. The number of fused-ring (bicyclic) bond motifs is 1. The third-order valence-electron chi connectivity index (χ3n) is 5.78. The number of esters is 1. The Morgan fingerprint density at radius 1 is 0.857 bits per heavy atom. The van der Waals surface area contributed by atoms with E-state index in [1.54, 1.807) is 19.1 Å². The van der Waals surface area contributed by atoms with Crippen molar-refractivity contribution in [2.24, 2.45) is 5.73 Å². The van der Waals surface area contributed by atoms with E-state index in [4.69, 9.17) is 10.5 Å². The molecule has 0 radical (unpaired) electrons. The molecule has 0 fully saturated rings. The molecular weight excluding hydrogens is 442 g/mol. The van der Waals surface area contributed by atoms with Gasteiger partial charge in [0.15, 0.2) is 0 Å². The van der Waals surface area contributed by atoms with Gasteiger partial charge in [0.25, 0.3) is 5.91 Å². The van der Waals surface area contributed by atoms with Gasteiger partial charge in [-0.2, -0.15) is 0 Å². The van der Waals surface area contributed by atoms with Crippen LogP contribution in [-0.2, 0) is 20.7 Å². The number of amides is 2. The fourth-order valence-electron chi connectivity index (χ4n) is 3.88. The smallest absolute Gasteiger partial charge is 0.328 e. The maximum absolute atomic E-state index is 13.2. The van der Waals surface area contributed by atoms with E-state index >= 15 is 0 Å². The van der Waals surface area contributed by atoms with Gasteiger partial charge in [0.2, 0.25) is 5.91 Å². The first-order valence-electron chi connectivity index (χ1n) is 12.0. The maximum atomic E-state index is 13.2. The number of nitrogens with one attached hydrogen (secondary N) is 2. The normalized spacial score (nSPS) is 12.5. The molecule has 0 saturated heterocycles. The molecule has 2 atom stereocenters. The zero-order chi connectivity index (χ0) is 25.0. The summed E-state index contributed by atoms with van der Waals surface area (Å²) in [6, 6.07) is 21.2. The standard InChI is InChI=1S/C28H33N3O4/c1-2-35-28(34)25(17-14-20-9-4-3-5-10-20)31-27(33)24(13-8-18-29)30-26(32)23-16-15-21-11-6-7-12-22(21)19-23/h3-7,9-12,15-16,19,24-25H,2,8,13-14,17-18,29H2,1H3,(H,30,32)(H,31,33)/t24-,25-/m0/s1. The van der Waals surface area contributed by atoms with E-state index in [9.17, 15) is 14.4 Å². The Labute approximate surface area is 206 Å². The Morgan fingerprint density at radius 3 is 2.29 bits per heavy atom. The summed E-state index contributed by atoms with van der Waals surface area (Å²) in [4.78, 5) is 38.7. The van der Waals surface area contributed by atoms with Crippen molar-refractivity contribution in [3.05, 3.63) is 83.9 Å². The molecule has 7 nitrogen and oxygen atoms in total. The lowest BCUT2D eigenvalue weighted by molar-refractivity contribution is -0.147. The fraction of sp³-hybridized carbons (Fsp3) is 0.321. The Morgan fingerprint density at radius 2 is 1.57 bits per heavy atom. The number of aryl methyl sites for hydroxylation is 1. The van der Waals surface area contributed by atoms with Crippen LogP contribution in [0.4, 0.5) is 0 Å². The first-order chi connectivity index (χ1) is 17.0. The van der Waals surface area contributed by atoms with Crippen molar-refractivity contribution in [1.82, 2.24) is 10.6 Å². The highest BCUT2D eigenvalue weighted by atomic mass is 16.5. The van der Waals surface area contributed by atoms with Gasteiger partial charge in [-0.15, -0.1) is 0 Å². The SMILES string of the molecule is CCOC(=O)[C@H](CCc1ccccc1)NC(=O)[C@H](CCCN)NC(=O)c1ccc2ccccc2c1. The minimum Gasteiger partial charge on any atom is -0.464 e. The van der Waals surface area contributed by atoms with E-state index in [1.165, 1.54) is 0 Å². The number of carbonyl (C=O) groups excluding carboxylic acids is 3. The molecule has 3 rings (SSSR count). The predicted molar refractivity (Wildman–Crippen MR) is 137 cm³/mol. The second-order valence-electron chi connectivity index (χ2n) is 8.36. The molecule has 0 aliphatic carbocycles. The summed E-state index contributed by atoms with van der Waals surface area (Å²) in [7, 11) is 0. The number of carbonyl (C=O) groups is 3. The highest BCUT2D eigenvalue weighted by Crippen LogP contribution is 2.16. The highest BCUT2D eigenvalue weighted by Gasteiger charge is 2.27. The highest BCUT2D eigenvalue weighted by molar-refractivity contribution is 6.01. The Bertz CT molecular complexity index is 1130. The number of hydrogen-bond acceptors (Lipinski definition) is 5. The summed E-state index contributed by atoms with van der Waals surface area (Å²) in [5, 5.41) is 7.58. The molecule has 7 heteroatoms. The second kappa shape index (κ2) is 13.2. The minimum absolute atomic E-state index is 0.214. The average Bonchev–Trinajstić information content (AvgIpc) is 2.89. The van der Waals surface area contributed by atoms with Crippen molar-refractivity contribution in [2.45, 2.75) is 44.7 Å². The second-order valence-corrected chi connectivity index (χ2v) is 8.36. The molecular formula is C28H33N3O4. The van der Waals surface area contributed by atoms with E-state index in [1.807, 2.05) is 60.7 Å². The molecule has 184 valence electrons. The molecule has 4 N–H and O–H groups in total. The lowest BCUT2D eigenvalue weighted by atomic mass is 10.0. The van der Waals surface area contributed by atoms with E-state index < -0.39 is 24.0 Å². The fourth-order valence-corrected chi connectivity index (χ4v) is 3.88. The molecule has 3 aromatic carbocycles. The average molecular weight is 476 g/mol. The molecule has 0 saturated carbocycles. The molecule has 0 bridgehead atoms. The zero-order valence-electron chi connectivity index (χ0n) is 20.0. The van der Waals surface area contributed by atoms with Gasteiger partial charge in [0.05, 0.1) is 6.61 Å². The Balaban J connectivity index is 1.71. The molecule has 35 heavy (non-hydrogen) atoms. The van der Waals surface area contributed by atoms with Crippen LogP contribution in [-0.4, -0.2) is 43.0 Å². The van der Waals surface area contributed by atoms with Gasteiger partial charge in [-0.05, 0) is 67.6 Å². The lowest BCUT2D eigenvalue weighted by Gasteiger charge is -2.23. The van der Waals surface area contributed by atoms with Crippen molar-refractivity contribution < 1.29 is 19.1 Å². The van der Waals surface area contributed by atoms with Gasteiger partial charge >= 0.3 is 5.97 Å². The van der Waals surface area contributed by atoms with Crippen LogP contribution in [0.5, 0.6) is 0 Å². The predicted octanol–water partition coefficient (Wildman–Crippen LogP) is 3.36. The van der Waals surface area contributed by atoms with Crippen molar-refractivity contribution in [1.29, 1.82) is 0 Å². The first kappa shape index (κ1) is 25.9. The molecule has 0 unspecified atom stereocenters. The van der Waals surface area contributed by atoms with Crippen LogP contribution < -0.4 is 16.4 Å². The van der Waals surface area contributed by atoms with Crippen LogP contribution in [0, 0.1) is 0 Å².